The largest absolute Gasteiger partial charge is 0.416 e. The van der Waals surface area contributed by atoms with Gasteiger partial charge in [0.1, 0.15) is 11.9 Å². The molecule has 2 aromatic rings. The summed E-state index contributed by atoms with van der Waals surface area (Å²) >= 11 is 0. The third-order valence-corrected chi connectivity index (χ3v) is 2.86. The van der Waals surface area contributed by atoms with Crippen LogP contribution in [-0.2, 0) is 6.18 Å². The van der Waals surface area contributed by atoms with Crippen LogP contribution in [0, 0.1) is 12.7 Å². The molecule has 0 aliphatic carbocycles. The number of benzene rings is 1. The lowest BCUT2D eigenvalue weighted by Crippen LogP contribution is -2.13. The van der Waals surface area contributed by atoms with Crippen LogP contribution in [0.5, 0.6) is 0 Å². The van der Waals surface area contributed by atoms with Crippen LogP contribution in [0.15, 0.2) is 36.5 Å². The van der Waals surface area contributed by atoms with Gasteiger partial charge in [-0.05, 0) is 31.2 Å². The molecule has 1 aromatic carbocycles. The van der Waals surface area contributed by atoms with Crippen LogP contribution in [0.1, 0.15) is 28.5 Å². The minimum Gasteiger partial charge on any atom is -0.384 e. The number of alkyl halides is 3. The van der Waals surface area contributed by atoms with Gasteiger partial charge in [0, 0.05) is 23.0 Å². The Labute approximate surface area is 112 Å². The van der Waals surface area contributed by atoms with Crippen molar-refractivity contribution in [3.05, 3.63) is 64.7 Å². The summed E-state index contributed by atoms with van der Waals surface area (Å²) < 4.78 is 51.8. The molecule has 0 aliphatic heterocycles. The highest BCUT2D eigenvalue weighted by atomic mass is 19.4. The van der Waals surface area contributed by atoms with E-state index in [1.807, 2.05) is 0 Å². The fraction of sp³-hybridized carbons (Fsp3) is 0.214. The molecular weight excluding hydrogens is 274 g/mol. The van der Waals surface area contributed by atoms with Gasteiger partial charge in [0.2, 0.25) is 0 Å². The summed E-state index contributed by atoms with van der Waals surface area (Å²) in [6.45, 7) is 1.71. The van der Waals surface area contributed by atoms with Gasteiger partial charge in [-0.25, -0.2) is 4.39 Å². The number of halogens is 4. The molecule has 1 unspecified atom stereocenters. The second kappa shape index (κ2) is 5.20. The zero-order valence-electron chi connectivity index (χ0n) is 10.4. The lowest BCUT2D eigenvalue weighted by atomic mass is 9.97. The monoisotopic (exact) mass is 285 g/mol. The first-order valence-electron chi connectivity index (χ1n) is 5.76. The summed E-state index contributed by atoms with van der Waals surface area (Å²) in [4.78, 5) is 3.90. The maximum absolute atomic E-state index is 13.2. The average molecular weight is 285 g/mol. The Balaban J connectivity index is 2.50. The van der Waals surface area contributed by atoms with Crippen LogP contribution < -0.4 is 0 Å². The van der Waals surface area contributed by atoms with E-state index in [0.29, 0.717) is 23.9 Å². The first kappa shape index (κ1) is 14.5. The maximum atomic E-state index is 13.2. The van der Waals surface area contributed by atoms with Crippen LogP contribution in [0.4, 0.5) is 17.6 Å². The Morgan fingerprint density at radius 1 is 1.15 bits per heavy atom. The molecule has 0 saturated heterocycles. The van der Waals surface area contributed by atoms with E-state index in [-0.39, 0.29) is 5.56 Å². The number of hydrogen-bond donors (Lipinski definition) is 1. The third-order valence-electron chi connectivity index (χ3n) is 2.86. The summed E-state index contributed by atoms with van der Waals surface area (Å²) in [5.74, 6) is -0.841. The third kappa shape index (κ3) is 2.96. The van der Waals surface area contributed by atoms with E-state index >= 15 is 0 Å². The van der Waals surface area contributed by atoms with Crippen molar-refractivity contribution in [3.63, 3.8) is 0 Å². The number of aliphatic hydroxyl groups is 1. The van der Waals surface area contributed by atoms with E-state index < -0.39 is 29.2 Å². The minimum atomic E-state index is -4.66. The lowest BCUT2D eigenvalue weighted by molar-refractivity contribution is -0.139. The topological polar surface area (TPSA) is 33.1 Å². The Bertz CT molecular complexity index is 608. The first-order valence-corrected chi connectivity index (χ1v) is 5.76. The van der Waals surface area contributed by atoms with Gasteiger partial charge >= 0.3 is 6.18 Å². The SMILES string of the molecule is Cc1ccc(C(O)c2cc(F)ccc2C(F)(F)F)cn1. The van der Waals surface area contributed by atoms with Crippen molar-refractivity contribution in [2.75, 3.05) is 0 Å². The van der Waals surface area contributed by atoms with Crippen LogP contribution in [0.3, 0.4) is 0 Å². The first-order chi connectivity index (χ1) is 9.29. The Morgan fingerprint density at radius 2 is 1.85 bits per heavy atom. The van der Waals surface area contributed by atoms with Crippen molar-refractivity contribution in [1.29, 1.82) is 0 Å². The van der Waals surface area contributed by atoms with Crippen LogP contribution in [0.2, 0.25) is 0 Å². The van der Waals surface area contributed by atoms with Crippen molar-refractivity contribution >= 4 is 0 Å². The fourth-order valence-corrected chi connectivity index (χ4v) is 1.84. The fourth-order valence-electron chi connectivity index (χ4n) is 1.84. The molecule has 0 saturated carbocycles. The quantitative estimate of drug-likeness (QED) is 0.855. The zero-order valence-corrected chi connectivity index (χ0v) is 10.4. The smallest absolute Gasteiger partial charge is 0.384 e. The molecular formula is C14H11F4NO. The van der Waals surface area contributed by atoms with Gasteiger partial charge in [0.05, 0.1) is 5.56 Å². The van der Waals surface area contributed by atoms with Crippen molar-refractivity contribution in [1.82, 2.24) is 4.98 Å². The molecule has 2 nitrogen and oxygen atoms in total. The highest BCUT2D eigenvalue weighted by molar-refractivity contribution is 5.37. The molecule has 0 bridgehead atoms. The highest BCUT2D eigenvalue weighted by Crippen LogP contribution is 2.36. The van der Waals surface area contributed by atoms with Gasteiger partial charge in [0.15, 0.2) is 0 Å². The molecule has 1 atom stereocenters. The number of aryl methyl sites for hydroxylation is 1. The van der Waals surface area contributed by atoms with Gasteiger partial charge in [0.25, 0.3) is 0 Å². The van der Waals surface area contributed by atoms with E-state index in [1.165, 1.54) is 12.3 Å². The Hall–Kier alpha value is -1.95. The molecule has 106 valence electrons. The number of nitrogens with zero attached hydrogens (tertiary/aromatic N) is 1. The lowest BCUT2D eigenvalue weighted by Gasteiger charge is -2.17. The highest BCUT2D eigenvalue weighted by Gasteiger charge is 2.35. The Kier molecular flexibility index (Phi) is 3.76. The van der Waals surface area contributed by atoms with E-state index in [2.05, 4.69) is 4.98 Å². The minimum absolute atomic E-state index is 0.173. The molecule has 1 aromatic heterocycles. The van der Waals surface area contributed by atoms with Crippen molar-refractivity contribution in [3.8, 4) is 0 Å². The van der Waals surface area contributed by atoms with Gasteiger partial charge in [-0.2, -0.15) is 13.2 Å². The number of aliphatic hydroxyl groups excluding tert-OH is 1. The van der Waals surface area contributed by atoms with Crippen molar-refractivity contribution < 1.29 is 22.7 Å². The molecule has 0 fully saturated rings. The van der Waals surface area contributed by atoms with Crippen molar-refractivity contribution in [2.24, 2.45) is 0 Å². The predicted molar refractivity (Wildman–Crippen MR) is 64.4 cm³/mol. The van der Waals surface area contributed by atoms with E-state index in [1.54, 1.807) is 13.0 Å². The maximum Gasteiger partial charge on any atom is 0.416 e. The summed E-state index contributed by atoms with van der Waals surface area (Å²) in [7, 11) is 0. The standard InChI is InChI=1S/C14H11F4NO/c1-8-2-3-9(7-19-8)13(20)11-6-10(15)4-5-12(11)14(16,17)18/h2-7,13,20H,1H3. The average Bonchev–Trinajstić information content (AvgIpc) is 2.37. The summed E-state index contributed by atoms with van der Waals surface area (Å²) in [5.41, 5.74) is -0.752. The Morgan fingerprint density at radius 3 is 2.40 bits per heavy atom. The van der Waals surface area contributed by atoms with Gasteiger partial charge in [-0.1, -0.05) is 6.07 Å². The van der Waals surface area contributed by atoms with Gasteiger partial charge in [-0.15, -0.1) is 0 Å². The van der Waals surface area contributed by atoms with Crippen molar-refractivity contribution in [2.45, 2.75) is 19.2 Å². The van der Waals surface area contributed by atoms with Gasteiger partial charge in [-0.3, -0.25) is 4.98 Å². The van der Waals surface area contributed by atoms with Crippen LogP contribution in [0.25, 0.3) is 0 Å². The number of pyridine rings is 1. The molecule has 2 rings (SSSR count). The molecule has 1 N–H and O–H groups in total. The second-order valence-electron chi connectivity index (χ2n) is 4.36. The van der Waals surface area contributed by atoms with E-state index in [9.17, 15) is 22.7 Å². The molecule has 6 heteroatoms. The van der Waals surface area contributed by atoms with Crippen LogP contribution >= 0.6 is 0 Å². The summed E-state index contributed by atoms with van der Waals surface area (Å²) in [6.07, 6.45) is -4.98. The number of hydrogen-bond acceptors (Lipinski definition) is 2. The molecule has 0 aliphatic rings. The molecule has 20 heavy (non-hydrogen) atoms. The molecule has 1 heterocycles. The summed E-state index contributed by atoms with van der Waals surface area (Å²) in [6, 6.07) is 5.04. The predicted octanol–water partition coefficient (Wildman–Crippen LogP) is 3.63. The molecule has 0 spiro atoms. The molecule has 0 radical (unpaired) electrons. The second-order valence-corrected chi connectivity index (χ2v) is 4.36. The zero-order chi connectivity index (χ0) is 14.9. The number of rotatable bonds is 2. The van der Waals surface area contributed by atoms with E-state index in [0.717, 1.165) is 0 Å². The van der Waals surface area contributed by atoms with Crippen LogP contribution in [-0.4, -0.2) is 10.1 Å². The van der Waals surface area contributed by atoms with Gasteiger partial charge < -0.3 is 5.11 Å². The molecule has 0 amide bonds. The summed E-state index contributed by atoms with van der Waals surface area (Å²) in [5, 5.41) is 10.0. The number of aromatic nitrogens is 1. The van der Waals surface area contributed by atoms with E-state index in [4.69, 9.17) is 0 Å². The normalized spacial score (nSPS) is 13.3.